The second-order valence-corrected chi connectivity index (χ2v) is 9.87. The van der Waals surface area contributed by atoms with Crippen molar-refractivity contribution in [3.63, 3.8) is 0 Å². The van der Waals surface area contributed by atoms with Crippen LogP contribution in [0.25, 0.3) is 11.3 Å². The molecule has 1 aromatic heterocycles. The number of halogens is 2. The Labute approximate surface area is 224 Å². The van der Waals surface area contributed by atoms with E-state index in [1.54, 1.807) is 36.5 Å². The van der Waals surface area contributed by atoms with Crippen LogP contribution < -0.4 is 16.0 Å². The van der Waals surface area contributed by atoms with E-state index in [1.807, 2.05) is 30.3 Å². The van der Waals surface area contributed by atoms with E-state index in [4.69, 9.17) is 27.0 Å². The molecule has 0 bridgehead atoms. The van der Waals surface area contributed by atoms with E-state index >= 15 is 0 Å². The summed E-state index contributed by atoms with van der Waals surface area (Å²) in [6, 6.07) is 19.7. The molecule has 0 saturated heterocycles. The first-order valence-corrected chi connectivity index (χ1v) is 12.8. The molecule has 6 rings (SSSR count). The number of benzene rings is 3. The van der Waals surface area contributed by atoms with Gasteiger partial charge in [0.2, 0.25) is 5.95 Å². The highest BCUT2D eigenvalue weighted by Crippen LogP contribution is 2.34. The highest BCUT2D eigenvalue weighted by atomic mass is 35.5. The fourth-order valence-electron chi connectivity index (χ4n) is 4.39. The Morgan fingerprint density at radius 3 is 2.55 bits per heavy atom. The lowest BCUT2D eigenvalue weighted by atomic mass is 9.95. The zero-order chi connectivity index (χ0) is 26.1. The van der Waals surface area contributed by atoms with E-state index in [-0.39, 0.29) is 5.82 Å². The number of guanidine groups is 1. The molecule has 4 aromatic rings. The van der Waals surface area contributed by atoms with Crippen molar-refractivity contribution in [2.24, 2.45) is 10.9 Å². The molecular weight excluding hydrogens is 501 g/mol. The topological polar surface area (TPSA) is 98.1 Å². The Hall–Kier alpha value is -4.30. The minimum absolute atomic E-state index is 0.294. The highest BCUT2D eigenvalue weighted by Gasteiger charge is 2.23. The number of hydrogen-bond acceptors (Lipinski definition) is 5. The molecule has 38 heavy (non-hydrogen) atoms. The number of aromatic nitrogens is 2. The van der Waals surface area contributed by atoms with Gasteiger partial charge in [0.05, 0.1) is 18.0 Å². The van der Waals surface area contributed by atoms with Crippen LogP contribution in [0, 0.1) is 17.1 Å². The monoisotopic (exact) mass is 525 g/mol. The predicted octanol–water partition coefficient (Wildman–Crippen LogP) is 6.38. The van der Waals surface area contributed by atoms with Gasteiger partial charge >= 0.3 is 0 Å². The van der Waals surface area contributed by atoms with Gasteiger partial charge in [-0.2, -0.15) is 0 Å². The van der Waals surface area contributed by atoms with E-state index in [0.717, 1.165) is 40.3 Å². The summed E-state index contributed by atoms with van der Waals surface area (Å²) in [6.45, 7) is 1.15. The second kappa shape index (κ2) is 10.2. The lowest BCUT2D eigenvalue weighted by Crippen LogP contribution is -2.31. The normalized spacial score (nSPS) is 14.0. The average molecular weight is 526 g/mol. The Kier molecular flexibility index (Phi) is 6.47. The second-order valence-electron chi connectivity index (χ2n) is 9.43. The molecule has 1 saturated carbocycles. The van der Waals surface area contributed by atoms with E-state index in [9.17, 15) is 4.39 Å². The fraction of sp³-hybridized carbons (Fsp3) is 0.172. The molecule has 2 heterocycles. The lowest BCUT2D eigenvalue weighted by Gasteiger charge is -2.13. The molecule has 0 radical (unpaired) electrons. The zero-order valence-electron chi connectivity index (χ0n) is 20.4. The molecule has 3 aromatic carbocycles. The van der Waals surface area contributed by atoms with Crippen molar-refractivity contribution in [3.05, 3.63) is 100 Å². The standard InChI is InChI=1S/C29H25ClFN7/c30-19-7-12-22-24(13-19)27(23-3-1-2-4-25(23)31)33-15-18-16-35-29(38-26(18)22)37-21-10-8-20(9-11-21)36-28(32)34-14-17-5-6-17/h1-4,7-13,16-17H,5-6,14-15H2,(H3,32,34,36)(H,35,37,38). The maximum Gasteiger partial charge on any atom is 0.227 e. The van der Waals surface area contributed by atoms with Crippen LogP contribution in [0.15, 0.2) is 77.9 Å². The van der Waals surface area contributed by atoms with Crippen LogP contribution in [-0.4, -0.2) is 28.2 Å². The number of aliphatic imine (C=N–C) groups is 1. The molecule has 0 spiro atoms. The van der Waals surface area contributed by atoms with Gasteiger partial charge in [0, 0.05) is 51.4 Å². The first-order chi connectivity index (χ1) is 18.5. The van der Waals surface area contributed by atoms with Gasteiger partial charge in [0.15, 0.2) is 5.96 Å². The average Bonchev–Trinajstić information content (AvgIpc) is 3.76. The molecule has 1 aliphatic carbocycles. The van der Waals surface area contributed by atoms with Crippen LogP contribution in [0.1, 0.15) is 29.5 Å². The fourth-order valence-corrected chi connectivity index (χ4v) is 4.56. The van der Waals surface area contributed by atoms with Crippen molar-refractivity contribution < 1.29 is 4.39 Å². The highest BCUT2D eigenvalue weighted by molar-refractivity contribution is 6.31. The third-order valence-electron chi connectivity index (χ3n) is 6.57. The van der Waals surface area contributed by atoms with Crippen LogP contribution in [0.3, 0.4) is 0 Å². The van der Waals surface area contributed by atoms with E-state index in [0.29, 0.717) is 40.7 Å². The molecule has 1 aliphatic heterocycles. The number of nitrogens with zero attached hydrogens (tertiary/aromatic N) is 3. The molecule has 190 valence electrons. The first-order valence-electron chi connectivity index (χ1n) is 12.5. The number of anilines is 3. The molecule has 9 heteroatoms. The van der Waals surface area contributed by atoms with E-state index in [2.05, 4.69) is 20.9 Å². The van der Waals surface area contributed by atoms with Gasteiger partial charge < -0.3 is 16.0 Å². The van der Waals surface area contributed by atoms with Crippen LogP contribution >= 0.6 is 11.6 Å². The summed E-state index contributed by atoms with van der Waals surface area (Å²) >= 11 is 6.35. The smallest absolute Gasteiger partial charge is 0.227 e. The maximum atomic E-state index is 14.7. The van der Waals surface area contributed by atoms with Gasteiger partial charge in [-0.1, -0.05) is 29.8 Å². The van der Waals surface area contributed by atoms with Gasteiger partial charge in [0.25, 0.3) is 0 Å². The third kappa shape index (κ3) is 5.21. The van der Waals surface area contributed by atoms with Crippen molar-refractivity contribution in [2.45, 2.75) is 19.4 Å². The molecule has 1 fully saturated rings. The van der Waals surface area contributed by atoms with Gasteiger partial charge in [-0.25, -0.2) is 14.4 Å². The summed E-state index contributed by atoms with van der Waals surface area (Å²) in [4.78, 5) is 14.1. The van der Waals surface area contributed by atoms with Crippen molar-refractivity contribution in [1.29, 1.82) is 5.41 Å². The summed E-state index contributed by atoms with van der Waals surface area (Å²) in [5.41, 5.74) is 5.66. The van der Waals surface area contributed by atoms with E-state index < -0.39 is 0 Å². The summed E-state index contributed by atoms with van der Waals surface area (Å²) in [7, 11) is 0. The molecule has 7 nitrogen and oxygen atoms in total. The molecule has 0 atom stereocenters. The number of nitrogens with one attached hydrogen (secondary N) is 4. The summed E-state index contributed by atoms with van der Waals surface area (Å²) in [5, 5.41) is 18.0. The van der Waals surface area contributed by atoms with Crippen LogP contribution in [0.5, 0.6) is 0 Å². The Morgan fingerprint density at radius 1 is 0.974 bits per heavy atom. The molecule has 2 aliphatic rings. The van der Waals surface area contributed by atoms with Gasteiger partial charge in [-0.15, -0.1) is 0 Å². The summed E-state index contributed by atoms with van der Waals surface area (Å²) in [5.74, 6) is 1.08. The molecular formula is C29H25ClFN7. The molecule has 4 N–H and O–H groups in total. The van der Waals surface area contributed by atoms with Crippen molar-refractivity contribution in [2.75, 3.05) is 17.2 Å². The van der Waals surface area contributed by atoms with Crippen molar-refractivity contribution in [1.82, 2.24) is 15.3 Å². The van der Waals surface area contributed by atoms with Gasteiger partial charge in [0.1, 0.15) is 5.82 Å². The summed E-state index contributed by atoms with van der Waals surface area (Å²) < 4.78 is 14.7. The molecule has 0 unspecified atom stereocenters. The zero-order valence-corrected chi connectivity index (χ0v) is 21.2. The van der Waals surface area contributed by atoms with Crippen molar-refractivity contribution >= 4 is 40.6 Å². The van der Waals surface area contributed by atoms with E-state index in [1.165, 1.54) is 18.9 Å². The first kappa shape index (κ1) is 24.1. The number of fused-ring (bicyclic) bond motifs is 3. The maximum absolute atomic E-state index is 14.7. The SMILES string of the molecule is N=C(NCC1CC1)Nc1ccc(Nc2ncc3c(n2)-c2ccc(Cl)cc2C(c2ccccc2F)=NC3)cc1. The quantitative estimate of drug-likeness (QED) is 0.173. The Morgan fingerprint density at radius 2 is 1.76 bits per heavy atom. The third-order valence-corrected chi connectivity index (χ3v) is 6.80. The number of hydrogen-bond donors (Lipinski definition) is 4. The van der Waals surface area contributed by atoms with Crippen LogP contribution in [-0.2, 0) is 6.54 Å². The predicted molar refractivity (Wildman–Crippen MR) is 150 cm³/mol. The van der Waals surface area contributed by atoms with Gasteiger partial charge in [-0.05, 0) is 67.3 Å². The largest absolute Gasteiger partial charge is 0.356 e. The minimum atomic E-state index is -0.344. The molecule has 0 amide bonds. The Bertz CT molecular complexity index is 1550. The van der Waals surface area contributed by atoms with Crippen molar-refractivity contribution in [3.8, 4) is 11.3 Å². The van der Waals surface area contributed by atoms with Crippen LogP contribution in [0.4, 0.5) is 21.7 Å². The lowest BCUT2D eigenvalue weighted by molar-refractivity contribution is 0.625. The Balaban J connectivity index is 1.25. The van der Waals surface area contributed by atoms with Crippen LogP contribution in [0.2, 0.25) is 5.02 Å². The minimum Gasteiger partial charge on any atom is -0.356 e. The number of rotatable bonds is 6. The van der Waals surface area contributed by atoms with Gasteiger partial charge in [-0.3, -0.25) is 10.4 Å². The summed E-state index contributed by atoms with van der Waals surface area (Å²) in [6.07, 6.45) is 4.23.